The molecule has 0 aromatic heterocycles. The van der Waals surface area contributed by atoms with Gasteiger partial charge >= 0.3 is 18.0 Å². The number of benzene rings is 1. The first-order valence-corrected chi connectivity index (χ1v) is 11.7. The molecule has 32 heavy (non-hydrogen) atoms. The molecule has 12 heteroatoms. The fraction of sp³-hybridized carbons (Fsp3) is 0.500. The molecule has 1 aromatic carbocycles. The first-order chi connectivity index (χ1) is 14.6. The van der Waals surface area contributed by atoms with E-state index in [-0.39, 0.29) is 27.7 Å². The zero-order valence-corrected chi connectivity index (χ0v) is 19.6. The third-order valence-corrected chi connectivity index (χ3v) is 5.56. The van der Waals surface area contributed by atoms with E-state index in [0.29, 0.717) is 11.6 Å². The Morgan fingerprint density at radius 3 is 2.25 bits per heavy atom. The number of ether oxygens (including phenoxy) is 1. The number of hydroxylamine groups is 3. The van der Waals surface area contributed by atoms with Crippen molar-refractivity contribution in [3.05, 3.63) is 29.8 Å². The van der Waals surface area contributed by atoms with Gasteiger partial charge in [0.2, 0.25) is 0 Å². The lowest BCUT2D eigenvalue weighted by Gasteiger charge is -2.33. The Balaban J connectivity index is 2.53. The molecule has 1 atom stereocenters. The number of hydrogen-bond donors (Lipinski definition) is 1. The minimum atomic E-state index is -3.49. The summed E-state index contributed by atoms with van der Waals surface area (Å²) in [4.78, 5) is 42.6. The summed E-state index contributed by atoms with van der Waals surface area (Å²) < 4.78 is 28.7. The van der Waals surface area contributed by atoms with Crippen molar-refractivity contribution in [3.8, 4) is 0 Å². The molecule has 1 heterocycles. The van der Waals surface area contributed by atoms with Gasteiger partial charge in [-0.3, -0.25) is 10.0 Å². The third-order valence-electron chi connectivity index (χ3n) is 4.43. The third kappa shape index (κ3) is 5.25. The van der Waals surface area contributed by atoms with E-state index in [1.807, 2.05) is 0 Å². The average Bonchev–Trinajstić information content (AvgIpc) is 2.91. The van der Waals surface area contributed by atoms with Gasteiger partial charge in [0.05, 0.1) is 4.90 Å². The molecule has 11 nitrogen and oxygen atoms in total. The maximum Gasteiger partial charge on any atom is 0.435 e. The van der Waals surface area contributed by atoms with E-state index in [4.69, 9.17) is 9.57 Å². The van der Waals surface area contributed by atoms with E-state index < -0.39 is 38.9 Å². The van der Waals surface area contributed by atoms with Crippen LogP contribution in [-0.4, -0.2) is 64.9 Å². The first-order valence-electron chi connectivity index (χ1n) is 9.78. The normalized spacial score (nSPS) is 18.9. The van der Waals surface area contributed by atoms with Crippen LogP contribution in [0.1, 0.15) is 53.0 Å². The van der Waals surface area contributed by atoms with Gasteiger partial charge in [-0.15, -0.1) is 5.10 Å². The summed E-state index contributed by atoms with van der Waals surface area (Å²) in [6.07, 6.45) is 0.292. The fourth-order valence-corrected chi connectivity index (χ4v) is 3.44. The van der Waals surface area contributed by atoms with Crippen molar-refractivity contribution in [3.63, 3.8) is 0 Å². The molecule has 1 aliphatic heterocycles. The van der Waals surface area contributed by atoms with E-state index >= 15 is 0 Å². The minimum absolute atomic E-state index is 0.0172. The molecule has 1 aromatic rings. The molecule has 2 amide bonds. The molecule has 1 N–H and O–H groups in total. The van der Waals surface area contributed by atoms with Crippen LogP contribution in [-0.2, 0) is 29.0 Å². The largest absolute Gasteiger partial charge is 0.442 e. The summed E-state index contributed by atoms with van der Waals surface area (Å²) in [5.41, 5.74) is -3.04. The number of carbonyl (C=O) groups is 3. The summed E-state index contributed by atoms with van der Waals surface area (Å²) in [7, 11) is -3.49. The Kier molecular flexibility index (Phi) is 7.00. The van der Waals surface area contributed by atoms with Crippen molar-refractivity contribution in [1.82, 2.24) is 10.2 Å². The predicted molar refractivity (Wildman–Crippen MR) is 112 cm³/mol. The highest BCUT2D eigenvalue weighted by molar-refractivity contribution is 7.90. The lowest BCUT2D eigenvalue weighted by Crippen LogP contribution is -2.59. The van der Waals surface area contributed by atoms with Crippen LogP contribution in [0.5, 0.6) is 0 Å². The molecule has 2 rings (SSSR count). The van der Waals surface area contributed by atoms with Gasteiger partial charge in [-0.2, -0.15) is 5.06 Å². The lowest BCUT2D eigenvalue weighted by atomic mass is 9.90. The maximum absolute atomic E-state index is 13.1. The van der Waals surface area contributed by atoms with Gasteiger partial charge in [0.25, 0.3) is 0 Å². The van der Waals surface area contributed by atoms with E-state index in [1.54, 1.807) is 27.7 Å². The van der Waals surface area contributed by atoms with Crippen LogP contribution in [0.3, 0.4) is 0 Å². The summed E-state index contributed by atoms with van der Waals surface area (Å²) in [6, 6.07) is 5.31. The van der Waals surface area contributed by atoms with Crippen LogP contribution in [0.4, 0.5) is 4.79 Å². The number of hydrazone groups is 1. The monoisotopic (exact) mass is 469 g/mol. The Bertz CT molecular complexity index is 1040. The Morgan fingerprint density at radius 1 is 1.22 bits per heavy atom. The van der Waals surface area contributed by atoms with Crippen molar-refractivity contribution in [1.29, 1.82) is 0 Å². The number of amides is 2. The van der Waals surface area contributed by atoms with Crippen LogP contribution >= 0.6 is 0 Å². The van der Waals surface area contributed by atoms with E-state index in [9.17, 15) is 28.0 Å². The molecule has 0 saturated heterocycles. The molecule has 0 bridgehead atoms. The summed E-state index contributed by atoms with van der Waals surface area (Å²) >= 11 is 0. The Morgan fingerprint density at radius 2 is 1.78 bits per heavy atom. The molecule has 1 unspecified atom stereocenters. The molecular formula is C20H27N3O8S. The van der Waals surface area contributed by atoms with Crippen molar-refractivity contribution < 1.29 is 37.6 Å². The zero-order valence-electron chi connectivity index (χ0n) is 18.8. The Hall–Kier alpha value is -2.99. The summed E-state index contributed by atoms with van der Waals surface area (Å²) in [6.45, 7) is 7.68. The van der Waals surface area contributed by atoms with Gasteiger partial charge < -0.3 is 9.57 Å². The summed E-state index contributed by atoms with van der Waals surface area (Å²) in [5, 5.41) is 15.2. The molecule has 1 aliphatic rings. The SMILES string of the molecule is CCCC(=O)ON1N=C(c2ccc(S(C)(=O)=O)cc2)C(C)(N(O)C(=O)OC(C)(C)C)C1=O. The van der Waals surface area contributed by atoms with Crippen LogP contribution in [0.2, 0.25) is 0 Å². The van der Waals surface area contributed by atoms with Crippen LogP contribution in [0, 0.1) is 0 Å². The van der Waals surface area contributed by atoms with E-state index in [2.05, 4.69) is 5.10 Å². The standard InChI is InChI=1S/C20H27N3O8S/c1-7-8-15(24)31-23-17(25)20(5,22(27)18(26)30-19(2,3)4)16(21-23)13-9-11-14(12-10-13)32(6,28)29/h9-12,27H,7-8H2,1-6H3. The smallest absolute Gasteiger partial charge is 0.435 e. The topological polar surface area (TPSA) is 143 Å². The van der Waals surface area contributed by atoms with Crippen molar-refractivity contribution >= 4 is 33.5 Å². The van der Waals surface area contributed by atoms with Gasteiger partial charge in [0, 0.05) is 18.2 Å². The molecule has 176 valence electrons. The molecule has 0 spiro atoms. The molecule has 0 aliphatic carbocycles. The molecular weight excluding hydrogens is 442 g/mol. The highest BCUT2D eigenvalue weighted by Gasteiger charge is 2.56. The van der Waals surface area contributed by atoms with Gasteiger partial charge in [0.1, 0.15) is 11.3 Å². The van der Waals surface area contributed by atoms with Crippen LogP contribution < -0.4 is 0 Å². The van der Waals surface area contributed by atoms with Crippen LogP contribution in [0.15, 0.2) is 34.3 Å². The average molecular weight is 470 g/mol. The highest BCUT2D eigenvalue weighted by Crippen LogP contribution is 2.31. The van der Waals surface area contributed by atoms with Gasteiger partial charge in [-0.05, 0) is 51.4 Å². The second-order valence-corrected chi connectivity index (χ2v) is 10.4. The minimum Gasteiger partial charge on any atom is -0.442 e. The van der Waals surface area contributed by atoms with Crippen molar-refractivity contribution in [2.75, 3.05) is 6.26 Å². The number of nitrogens with zero attached hydrogens (tertiary/aromatic N) is 3. The van der Waals surface area contributed by atoms with Crippen LogP contribution in [0.25, 0.3) is 0 Å². The predicted octanol–water partition coefficient (Wildman–Crippen LogP) is 2.28. The molecule has 0 saturated carbocycles. The second kappa shape index (κ2) is 8.87. The van der Waals surface area contributed by atoms with Gasteiger partial charge in [-0.1, -0.05) is 19.1 Å². The van der Waals surface area contributed by atoms with Gasteiger partial charge in [0.15, 0.2) is 15.4 Å². The Labute approximate surface area is 186 Å². The van der Waals surface area contributed by atoms with Crippen molar-refractivity contribution in [2.24, 2.45) is 5.10 Å². The zero-order chi connectivity index (χ0) is 24.5. The van der Waals surface area contributed by atoms with E-state index in [1.165, 1.54) is 31.2 Å². The lowest BCUT2D eigenvalue weighted by molar-refractivity contribution is -0.206. The van der Waals surface area contributed by atoms with Gasteiger partial charge in [-0.25, -0.2) is 18.0 Å². The first kappa shape index (κ1) is 25.3. The molecule has 0 fully saturated rings. The summed E-state index contributed by atoms with van der Waals surface area (Å²) in [5.74, 6) is -1.75. The molecule has 0 radical (unpaired) electrons. The fourth-order valence-electron chi connectivity index (χ4n) is 2.81. The van der Waals surface area contributed by atoms with Crippen molar-refractivity contribution in [2.45, 2.75) is 63.5 Å². The van der Waals surface area contributed by atoms with E-state index in [0.717, 1.165) is 6.26 Å². The quantitative estimate of drug-likeness (QED) is 0.494. The highest BCUT2D eigenvalue weighted by atomic mass is 32.2. The second-order valence-electron chi connectivity index (χ2n) is 8.40. The number of rotatable bonds is 6. The number of hydrogen-bond acceptors (Lipinski definition) is 9. The number of carbonyl (C=O) groups excluding carboxylic acids is 3. The maximum atomic E-state index is 13.1. The number of sulfone groups is 1.